The average molecular weight is 202 g/mol. The second-order valence-corrected chi connectivity index (χ2v) is 2.93. The summed E-state index contributed by atoms with van der Waals surface area (Å²) in [6.07, 6.45) is 0. The SMILES string of the molecule is COc1ccc2nc3nnnn3nc2c1. The Bertz CT molecular complexity index is 633. The smallest absolute Gasteiger partial charge is 0.291 e. The molecule has 0 aliphatic carbocycles. The zero-order valence-electron chi connectivity index (χ0n) is 7.82. The van der Waals surface area contributed by atoms with Crippen molar-refractivity contribution in [1.82, 2.24) is 30.2 Å². The molecule has 3 rings (SSSR count). The topological polar surface area (TPSA) is 78.1 Å². The van der Waals surface area contributed by atoms with Crippen molar-refractivity contribution in [2.45, 2.75) is 0 Å². The minimum Gasteiger partial charge on any atom is -0.497 e. The molecule has 0 unspecified atom stereocenters. The lowest BCUT2D eigenvalue weighted by Crippen LogP contribution is -1.98. The second kappa shape index (κ2) is 2.84. The van der Waals surface area contributed by atoms with E-state index in [1.54, 1.807) is 13.2 Å². The fourth-order valence-electron chi connectivity index (χ4n) is 1.32. The predicted octanol–water partition coefficient (Wildman–Crippen LogP) is 0.0761. The third-order valence-corrected chi connectivity index (χ3v) is 2.04. The Morgan fingerprint density at radius 2 is 2.20 bits per heavy atom. The number of hydrogen-bond acceptors (Lipinski definition) is 6. The van der Waals surface area contributed by atoms with Crippen LogP contribution in [0.3, 0.4) is 0 Å². The van der Waals surface area contributed by atoms with Crippen LogP contribution in [0.2, 0.25) is 0 Å². The van der Waals surface area contributed by atoms with Gasteiger partial charge in [-0.1, -0.05) is 9.73 Å². The molecule has 74 valence electrons. The van der Waals surface area contributed by atoms with Gasteiger partial charge in [0.1, 0.15) is 11.3 Å². The van der Waals surface area contributed by atoms with Crippen LogP contribution < -0.4 is 4.74 Å². The zero-order valence-corrected chi connectivity index (χ0v) is 7.82. The molecule has 0 saturated carbocycles. The van der Waals surface area contributed by atoms with E-state index < -0.39 is 0 Å². The number of tetrazole rings is 1. The van der Waals surface area contributed by atoms with Crippen LogP contribution in [-0.4, -0.2) is 37.3 Å². The quantitative estimate of drug-likeness (QED) is 0.556. The van der Waals surface area contributed by atoms with E-state index in [4.69, 9.17) is 4.74 Å². The highest BCUT2D eigenvalue weighted by Gasteiger charge is 2.04. The molecule has 0 N–H and O–H groups in total. The molecule has 0 aliphatic rings. The Labute approximate surface area is 83.7 Å². The van der Waals surface area contributed by atoms with Gasteiger partial charge in [0.05, 0.1) is 12.6 Å². The third kappa shape index (κ3) is 1.17. The first kappa shape index (κ1) is 8.04. The lowest BCUT2D eigenvalue weighted by molar-refractivity contribution is 0.415. The van der Waals surface area contributed by atoms with Gasteiger partial charge in [-0.3, -0.25) is 0 Å². The van der Waals surface area contributed by atoms with Crippen molar-refractivity contribution in [3.8, 4) is 5.75 Å². The van der Waals surface area contributed by atoms with Crippen LogP contribution in [0.5, 0.6) is 5.75 Å². The molecular formula is C8H6N6O. The number of nitrogens with zero attached hydrogens (tertiary/aromatic N) is 6. The summed E-state index contributed by atoms with van der Waals surface area (Å²) in [5.74, 6) is 1.11. The molecule has 0 amide bonds. The molecule has 1 aromatic carbocycles. The highest BCUT2D eigenvalue weighted by molar-refractivity contribution is 5.76. The van der Waals surface area contributed by atoms with E-state index in [-0.39, 0.29) is 0 Å². The Balaban J connectivity index is 2.38. The van der Waals surface area contributed by atoms with Gasteiger partial charge in [0.25, 0.3) is 5.78 Å². The van der Waals surface area contributed by atoms with Gasteiger partial charge in [0, 0.05) is 6.07 Å². The van der Waals surface area contributed by atoms with Gasteiger partial charge in [0.2, 0.25) is 0 Å². The van der Waals surface area contributed by atoms with Crippen LogP contribution in [0.1, 0.15) is 0 Å². The standard InChI is InChI=1S/C8H6N6O/c1-15-5-2-3-6-7(4-5)11-14-8(9-6)10-12-13-14/h2-4H,1H3. The van der Waals surface area contributed by atoms with Crippen molar-refractivity contribution >= 4 is 16.8 Å². The molecule has 2 heterocycles. The molecule has 0 saturated heterocycles. The molecule has 0 aliphatic heterocycles. The summed E-state index contributed by atoms with van der Waals surface area (Å²) >= 11 is 0. The molecule has 2 aromatic heterocycles. The molecule has 0 fully saturated rings. The van der Waals surface area contributed by atoms with E-state index in [0.29, 0.717) is 11.3 Å². The predicted molar refractivity (Wildman–Crippen MR) is 50.4 cm³/mol. The zero-order chi connectivity index (χ0) is 10.3. The summed E-state index contributed by atoms with van der Waals surface area (Å²) in [7, 11) is 1.60. The van der Waals surface area contributed by atoms with E-state index >= 15 is 0 Å². The van der Waals surface area contributed by atoms with E-state index in [2.05, 4.69) is 25.6 Å². The highest BCUT2D eigenvalue weighted by atomic mass is 16.5. The van der Waals surface area contributed by atoms with Crippen LogP contribution in [0, 0.1) is 0 Å². The van der Waals surface area contributed by atoms with Gasteiger partial charge in [-0.15, -0.1) is 5.10 Å². The molecule has 7 nitrogen and oxygen atoms in total. The Kier molecular flexibility index (Phi) is 1.52. The number of ether oxygens (including phenoxy) is 1. The number of hydrogen-bond donors (Lipinski definition) is 0. The van der Waals surface area contributed by atoms with Gasteiger partial charge in [-0.05, 0) is 22.6 Å². The van der Waals surface area contributed by atoms with Crippen molar-refractivity contribution in [2.24, 2.45) is 0 Å². The summed E-state index contributed by atoms with van der Waals surface area (Å²) in [4.78, 5) is 4.22. The van der Waals surface area contributed by atoms with Gasteiger partial charge in [-0.25, -0.2) is 4.98 Å². The summed E-state index contributed by atoms with van der Waals surface area (Å²) in [5.41, 5.74) is 1.42. The summed E-state index contributed by atoms with van der Waals surface area (Å²) in [6, 6.07) is 5.41. The van der Waals surface area contributed by atoms with Crippen molar-refractivity contribution in [1.29, 1.82) is 0 Å². The maximum Gasteiger partial charge on any atom is 0.291 e. The molecule has 0 spiro atoms. The molecule has 0 bridgehead atoms. The van der Waals surface area contributed by atoms with Crippen molar-refractivity contribution in [3.05, 3.63) is 18.2 Å². The van der Waals surface area contributed by atoms with Crippen LogP contribution in [-0.2, 0) is 0 Å². The number of benzene rings is 1. The lowest BCUT2D eigenvalue weighted by Gasteiger charge is -2.00. The minimum atomic E-state index is 0.382. The van der Waals surface area contributed by atoms with Gasteiger partial charge < -0.3 is 4.74 Å². The Morgan fingerprint density at radius 3 is 3.07 bits per heavy atom. The second-order valence-electron chi connectivity index (χ2n) is 2.93. The largest absolute Gasteiger partial charge is 0.497 e. The minimum absolute atomic E-state index is 0.382. The van der Waals surface area contributed by atoms with Gasteiger partial charge >= 0.3 is 0 Å². The molecule has 7 heteroatoms. The molecule has 0 atom stereocenters. The van der Waals surface area contributed by atoms with Crippen LogP contribution in [0.15, 0.2) is 18.2 Å². The molecule has 0 radical (unpaired) electrons. The third-order valence-electron chi connectivity index (χ3n) is 2.04. The Hall–Kier alpha value is -2.31. The molecule has 3 aromatic rings. The molecule has 15 heavy (non-hydrogen) atoms. The number of methoxy groups -OCH3 is 1. The fourth-order valence-corrected chi connectivity index (χ4v) is 1.32. The summed E-state index contributed by atoms with van der Waals surface area (Å²) in [6.45, 7) is 0. The lowest BCUT2D eigenvalue weighted by atomic mass is 10.3. The summed E-state index contributed by atoms with van der Waals surface area (Å²) < 4.78 is 6.37. The monoisotopic (exact) mass is 202 g/mol. The first-order chi connectivity index (χ1) is 7.36. The van der Waals surface area contributed by atoms with Crippen molar-refractivity contribution in [2.75, 3.05) is 7.11 Å². The van der Waals surface area contributed by atoms with E-state index in [9.17, 15) is 0 Å². The fraction of sp³-hybridized carbons (Fsp3) is 0.125. The number of fused-ring (bicyclic) bond motifs is 2. The Morgan fingerprint density at radius 1 is 1.27 bits per heavy atom. The molecular weight excluding hydrogens is 196 g/mol. The van der Waals surface area contributed by atoms with Crippen molar-refractivity contribution < 1.29 is 4.74 Å². The van der Waals surface area contributed by atoms with Crippen LogP contribution in [0.25, 0.3) is 16.8 Å². The maximum atomic E-state index is 5.09. The summed E-state index contributed by atoms with van der Waals surface area (Å²) in [5, 5.41) is 15.0. The van der Waals surface area contributed by atoms with Crippen molar-refractivity contribution in [3.63, 3.8) is 0 Å². The van der Waals surface area contributed by atoms with Gasteiger partial charge in [-0.2, -0.15) is 0 Å². The highest BCUT2D eigenvalue weighted by Crippen LogP contribution is 2.16. The maximum absolute atomic E-state index is 5.09. The van der Waals surface area contributed by atoms with E-state index in [1.165, 1.54) is 4.63 Å². The van der Waals surface area contributed by atoms with E-state index in [1.807, 2.05) is 12.1 Å². The number of rotatable bonds is 1. The average Bonchev–Trinajstić information content (AvgIpc) is 2.72. The van der Waals surface area contributed by atoms with E-state index in [0.717, 1.165) is 11.3 Å². The van der Waals surface area contributed by atoms with Gasteiger partial charge in [0.15, 0.2) is 0 Å². The van der Waals surface area contributed by atoms with Crippen LogP contribution >= 0.6 is 0 Å². The first-order valence-electron chi connectivity index (χ1n) is 4.27. The van der Waals surface area contributed by atoms with Crippen LogP contribution in [0.4, 0.5) is 0 Å². The normalized spacial score (nSPS) is 11.0. The first-order valence-corrected chi connectivity index (χ1v) is 4.27. The number of aromatic nitrogens is 6.